The number of urea groups is 1. The third-order valence-electron chi connectivity index (χ3n) is 3.51. The Morgan fingerprint density at radius 3 is 1.71 bits per heavy atom. The SMILES string of the molecule is CCNC(=O)Nc1ccc(S(=O)(=O)c2ccc(S(=O)(=O)C(F)(F)F)cc2)cc1. The van der Waals surface area contributed by atoms with Crippen LogP contribution < -0.4 is 10.6 Å². The first kappa shape index (κ1) is 21.7. The van der Waals surface area contributed by atoms with Gasteiger partial charge in [-0.15, -0.1) is 0 Å². The molecular formula is C16H15F3N2O5S2. The summed E-state index contributed by atoms with van der Waals surface area (Å²) >= 11 is 0. The molecule has 0 aliphatic heterocycles. The molecule has 0 saturated heterocycles. The average Bonchev–Trinajstić information content (AvgIpc) is 2.61. The number of halogens is 3. The average molecular weight is 436 g/mol. The fraction of sp³-hybridized carbons (Fsp3) is 0.188. The maximum atomic E-state index is 12.6. The number of anilines is 1. The van der Waals surface area contributed by atoms with E-state index in [2.05, 4.69) is 10.6 Å². The second kappa shape index (κ2) is 7.80. The molecule has 0 spiro atoms. The van der Waals surface area contributed by atoms with Crippen LogP contribution in [0.1, 0.15) is 6.92 Å². The fourth-order valence-corrected chi connectivity index (χ4v) is 4.14. The van der Waals surface area contributed by atoms with Crippen LogP contribution in [-0.2, 0) is 19.7 Å². The lowest BCUT2D eigenvalue weighted by Gasteiger charge is -2.10. The van der Waals surface area contributed by atoms with Crippen LogP contribution in [0.25, 0.3) is 0 Å². The van der Waals surface area contributed by atoms with Gasteiger partial charge in [0.15, 0.2) is 0 Å². The molecule has 7 nitrogen and oxygen atoms in total. The van der Waals surface area contributed by atoms with Crippen molar-refractivity contribution in [3.63, 3.8) is 0 Å². The number of hydrogen-bond donors (Lipinski definition) is 2. The highest BCUT2D eigenvalue weighted by Crippen LogP contribution is 2.31. The van der Waals surface area contributed by atoms with Crippen molar-refractivity contribution in [2.24, 2.45) is 0 Å². The Bertz CT molecular complexity index is 1060. The number of nitrogens with one attached hydrogen (secondary N) is 2. The molecule has 0 unspecified atom stereocenters. The van der Waals surface area contributed by atoms with Gasteiger partial charge in [-0.05, 0) is 55.5 Å². The first-order chi connectivity index (χ1) is 12.9. The van der Waals surface area contributed by atoms with Crippen LogP contribution in [0.3, 0.4) is 0 Å². The van der Waals surface area contributed by atoms with E-state index in [1.54, 1.807) is 6.92 Å². The van der Waals surface area contributed by atoms with E-state index in [1.165, 1.54) is 24.3 Å². The predicted molar refractivity (Wildman–Crippen MR) is 94.3 cm³/mol. The summed E-state index contributed by atoms with van der Waals surface area (Å²) in [7, 11) is -9.66. The Morgan fingerprint density at radius 1 is 0.857 bits per heavy atom. The molecule has 2 N–H and O–H groups in total. The van der Waals surface area contributed by atoms with E-state index < -0.39 is 36.1 Å². The van der Waals surface area contributed by atoms with Crippen LogP contribution in [0.4, 0.5) is 23.7 Å². The maximum Gasteiger partial charge on any atom is 0.501 e. The van der Waals surface area contributed by atoms with Crippen molar-refractivity contribution in [1.29, 1.82) is 0 Å². The molecule has 0 aliphatic rings. The van der Waals surface area contributed by atoms with Gasteiger partial charge in [0.05, 0.1) is 14.7 Å². The third-order valence-corrected chi connectivity index (χ3v) is 6.80. The Labute approximate surface area is 159 Å². The smallest absolute Gasteiger partial charge is 0.338 e. The number of sulfone groups is 2. The number of carbonyl (C=O) groups excluding carboxylic acids is 1. The number of amides is 2. The Hall–Kier alpha value is -2.60. The van der Waals surface area contributed by atoms with Gasteiger partial charge in [0.25, 0.3) is 9.84 Å². The van der Waals surface area contributed by atoms with Gasteiger partial charge in [0, 0.05) is 12.2 Å². The highest BCUT2D eigenvalue weighted by Gasteiger charge is 2.46. The molecule has 0 radical (unpaired) electrons. The summed E-state index contributed by atoms with van der Waals surface area (Å²) < 4.78 is 85.5. The highest BCUT2D eigenvalue weighted by atomic mass is 32.2. The molecule has 0 bridgehead atoms. The standard InChI is InChI=1S/C16H15F3N2O5S2/c1-2-20-15(22)21-11-3-5-12(6-4-11)27(23,24)13-7-9-14(10-8-13)28(25,26)16(17,18)19/h3-10H,2H2,1H3,(H2,20,21,22). The molecule has 28 heavy (non-hydrogen) atoms. The van der Waals surface area contributed by atoms with Gasteiger partial charge >= 0.3 is 11.5 Å². The summed E-state index contributed by atoms with van der Waals surface area (Å²) in [6.45, 7) is 2.12. The minimum atomic E-state index is -5.57. The first-order valence-electron chi connectivity index (χ1n) is 7.71. The van der Waals surface area contributed by atoms with Crippen LogP contribution in [-0.4, -0.2) is 34.9 Å². The lowest BCUT2D eigenvalue weighted by Crippen LogP contribution is -2.28. The second-order valence-corrected chi connectivity index (χ2v) is 9.32. The summed E-state index contributed by atoms with van der Waals surface area (Å²) in [6.07, 6.45) is 0. The Morgan fingerprint density at radius 2 is 1.29 bits per heavy atom. The van der Waals surface area contributed by atoms with E-state index in [4.69, 9.17) is 0 Å². The zero-order valence-electron chi connectivity index (χ0n) is 14.3. The van der Waals surface area contributed by atoms with Gasteiger partial charge in [0.2, 0.25) is 9.84 Å². The number of hydrogen-bond acceptors (Lipinski definition) is 5. The van der Waals surface area contributed by atoms with Gasteiger partial charge in [-0.3, -0.25) is 0 Å². The molecule has 0 fully saturated rings. The highest BCUT2D eigenvalue weighted by molar-refractivity contribution is 7.92. The molecule has 12 heteroatoms. The Kier molecular flexibility index (Phi) is 6.04. The van der Waals surface area contributed by atoms with E-state index in [-0.39, 0.29) is 9.79 Å². The molecule has 2 aromatic carbocycles. The van der Waals surface area contributed by atoms with Crippen LogP contribution in [0, 0.1) is 0 Å². The van der Waals surface area contributed by atoms with Crippen molar-refractivity contribution in [3.05, 3.63) is 48.5 Å². The van der Waals surface area contributed by atoms with Crippen molar-refractivity contribution in [2.45, 2.75) is 27.1 Å². The summed E-state index contributed by atoms with van der Waals surface area (Å²) in [4.78, 5) is 9.82. The normalized spacial score (nSPS) is 12.4. The largest absolute Gasteiger partial charge is 0.501 e. The number of benzene rings is 2. The molecule has 0 aliphatic carbocycles. The topological polar surface area (TPSA) is 109 Å². The fourth-order valence-electron chi connectivity index (χ4n) is 2.12. The minimum absolute atomic E-state index is 0.180. The van der Waals surface area contributed by atoms with Crippen molar-refractivity contribution in [1.82, 2.24) is 5.32 Å². The van der Waals surface area contributed by atoms with Crippen LogP contribution in [0.2, 0.25) is 0 Å². The zero-order chi connectivity index (χ0) is 21.2. The summed E-state index contributed by atoms with van der Waals surface area (Å²) in [6, 6.07) is 7.36. The number of rotatable bonds is 5. The molecule has 0 heterocycles. The predicted octanol–water partition coefficient (Wildman–Crippen LogP) is 2.95. The summed E-state index contributed by atoms with van der Waals surface area (Å²) in [5, 5.41) is 4.98. The molecule has 2 rings (SSSR count). The van der Waals surface area contributed by atoms with E-state index >= 15 is 0 Å². The van der Waals surface area contributed by atoms with Crippen LogP contribution in [0.5, 0.6) is 0 Å². The molecular weight excluding hydrogens is 421 g/mol. The maximum absolute atomic E-state index is 12.6. The van der Waals surface area contributed by atoms with Crippen molar-refractivity contribution < 1.29 is 34.8 Å². The Balaban J connectivity index is 2.29. The van der Waals surface area contributed by atoms with Gasteiger partial charge in [-0.1, -0.05) is 0 Å². The number of carbonyl (C=O) groups is 1. The molecule has 0 saturated carbocycles. The summed E-state index contributed by atoms with van der Waals surface area (Å²) in [5.74, 6) is 0. The van der Waals surface area contributed by atoms with Crippen LogP contribution >= 0.6 is 0 Å². The molecule has 2 amide bonds. The van der Waals surface area contributed by atoms with Crippen molar-refractivity contribution in [3.8, 4) is 0 Å². The summed E-state index contributed by atoms with van der Waals surface area (Å²) in [5.41, 5.74) is -5.16. The van der Waals surface area contributed by atoms with Crippen LogP contribution in [0.15, 0.2) is 63.2 Å². The molecule has 0 aromatic heterocycles. The van der Waals surface area contributed by atoms with E-state index in [1.807, 2.05) is 0 Å². The lowest BCUT2D eigenvalue weighted by molar-refractivity contribution is -0.0436. The van der Waals surface area contributed by atoms with Gasteiger partial charge in [-0.2, -0.15) is 13.2 Å². The monoisotopic (exact) mass is 436 g/mol. The lowest BCUT2D eigenvalue weighted by atomic mass is 10.3. The van der Waals surface area contributed by atoms with Gasteiger partial charge in [-0.25, -0.2) is 21.6 Å². The zero-order valence-corrected chi connectivity index (χ0v) is 16.0. The van der Waals surface area contributed by atoms with Crippen molar-refractivity contribution in [2.75, 3.05) is 11.9 Å². The first-order valence-corrected chi connectivity index (χ1v) is 10.7. The molecule has 152 valence electrons. The number of alkyl halides is 3. The molecule has 2 aromatic rings. The molecule has 0 atom stereocenters. The van der Waals surface area contributed by atoms with E-state index in [9.17, 15) is 34.8 Å². The minimum Gasteiger partial charge on any atom is -0.338 e. The van der Waals surface area contributed by atoms with Gasteiger partial charge < -0.3 is 10.6 Å². The quantitative estimate of drug-likeness (QED) is 0.749. The second-order valence-electron chi connectivity index (χ2n) is 5.43. The van der Waals surface area contributed by atoms with Crippen molar-refractivity contribution >= 4 is 31.4 Å². The van der Waals surface area contributed by atoms with E-state index in [0.717, 1.165) is 12.1 Å². The van der Waals surface area contributed by atoms with E-state index in [0.29, 0.717) is 24.4 Å². The van der Waals surface area contributed by atoms with Gasteiger partial charge in [0.1, 0.15) is 0 Å². The third kappa shape index (κ3) is 4.44.